The van der Waals surface area contributed by atoms with Crippen LogP contribution in [0.1, 0.15) is 58.9 Å². The number of nitrogens with zero attached hydrogens (tertiary/aromatic N) is 3. The number of amides is 2. The largest absolute Gasteiger partial charge is 0.416 e. The Morgan fingerprint density at radius 2 is 1.76 bits per heavy atom. The van der Waals surface area contributed by atoms with Crippen LogP contribution in [-0.2, 0) is 6.18 Å². The molecule has 2 aromatic rings. The number of unbranched alkanes of at least 4 members (excludes halogenated alkanes) is 3. The molecule has 2 heterocycles. The monoisotopic (exact) mass is 462 g/mol. The summed E-state index contributed by atoms with van der Waals surface area (Å²) in [5.74, 6) is 0.127. The third kappa shape index (κ3) is 6.69. The van der Waals surface area contributed by atoms with Crippen LogP contribution in [0.4, 0.5) is 19.0 Å². The lowest BCUT2D eigenvalue weighted by Gasteiger charge is -2.35. The van der Waals surface area contributed by atoms with Crippen molar-refractivity contribution >= 4 is 17.6 Å². The fraction of sp³-hybridized carbons (Fsp3) is 0.458. The Bertz CT molecular complexity index is 939. The van der Waals surface area contributed by atoms with Gasteiger partial charge in [-0.3, -0.25) is 9.59 Å². The van der Waals surface area contributed by atoms with Gasteiger partial charge in [0.25, 0.3) is 11.8 Å². The van der Waals surface area contributed by atoms with Crippen LogP contribution in [0, 0.1) is 0 Å². The molecule has 1 aromatic carbocycles. The number of piperazine rings is 1. The Kier molecular flexibility index (Phi) is 8.30. The molecule has 0 saturated carbocycles. The predicted octanol–water partition coefficient (Wildman–Crippen LogP) is 4.37. The van der Waals surface area contributed by atoms with Crippen molar-refractivity contribution < 1.29 is 22.8 Å². The molecule has 0 unspecified atom stereocenters. The minimum Gasteiger partial charge on any atom is -0.353 e. The van der Waals surface area contributed by atoms with E-state index in [-0.39, 0.29) is 11.5 Å². The van der Waals surface area contributed by atoms with E-state index in [0.717, 1.165) is 37.8 Å². The molecule has 1 fully saturated rings. The highest BCUT2D eigenvalue weighted by Gasteiger charge is 2.31. The number of nitrogens with one attached hydrogen (secondary N) is 1. The molecule has 1 aromatic heterocycles. The van der Waals surface area contributed by atoms with Crippen LogP contribution in [0.5, 0.6) is 0 Å². The summed E-state index contributed by atoms with van der Waals surface area (Å²) >= 11 is 0. The van der Waals surface area contributed by atoms with Gasteiger partial charge in [0.2, 0.25) is 0 Å². The lowest BCUT2D eigenvalue weighted by Crippen LogP contribution is -2.49. The third-order valence-electron chi connectivity index (χ3n) is 5.65. The highest BCUT2D eigenvalue weighted by molar-refractivity contribution is 5.95. The van der Waals surface area contributed by atoms with Gasteiger partial charge in [-0.25, -0.2) is 4.98 Å². The Balaban J connectivity index is 1.51. The first-order valence-corrected chi connectivity index (χ1v) is 11.3. The number of pyridine rings is 1. The van der Waals surface area contributed by atoms with Gasteiger partial charge in [-0.05, 0) is 36.8 Å². The average Bonchev–Trinajstić information content (AvgIpc) is 2.83. The van der Waals surface area contributed by atoms with E-state index < -0.39 is 17.6 Å². The Hall–Kier alpha value is -3.10. The molecular formula is C24H29F3N4O2. The topological polar surface area (TPSA) is 65.5 Å². The maximum atomic E-state index is 12.9. The summed E-state index contributed by atoms with van der Waals surface area (Å²) in [6.45, 7) is 4.52. The number of carbonyl (C=O) groups excluding carboxylic acids is 2. The molecule has 1 aliphatic heterocycles. The van der Waals surface area contributed by atoms with Gasteiger partial charge in [0.15, 0.2) is 0 Å². The summed E-state index contributed by atoms with van der Waals surface area (Å²) < 4.78 is 38.8. The number of benzene rings is 1. The van der Waals surface area contributed by atoms with E-state index in [2.05, 4.69) is 17.2 Å². The number of hydrogen-bond acceptors (Lipinski definition) is 4. The zero-order valence-electron chi connectivity index (χ0n) is 18.7. The Morgan fingerprint density at radius 3 is 2.39 bits per heavy atom. The van der Waals surface area contributed by atoms with E-state index in [0.29, 0.717) is 44.1 Å². The molecule has 0 atom stereocenters. The van der Waals surface area contributed by atoms with Crippen LogP contribution >= 0.6 is 0 Å². The van der Waals surface area contributed by atoms with Crippen LogP contribution in [0.3, 0.4) is 0 Å². The summed E-state index contributed by atoms with van der Waals surface area (Å²) in [6, 6.07) is 8.00. The van der Waals surface area contributed by atoms with Gasteiger partial charge in [-0.2, -0.15) is 13.2 Å². The van der Waals surface area contributed by atoms with Crippen LogP contribution in [-0.4, -0.2) is 54.4 Å². The molecule has 0 spiro atoms. The van der Waals surface area contributed by atoms with Crippen LogP contribution in [0.25, 0.3) is 0 Å². The zero-order valence-corrected chi connectivity index (χ0v) is 18.7. The Morgan fingerprint density at radius 1 is 1.00 bits per heavy atom. The van der Waals surface area contributed by atoms with Gasteiger partial charge in [0.1, 0.15) is 5.82 Å². The molecule has 33 heavy (non-hydrogen) atoms. The zero-order chi connectivity index (χ0) is 23.8. The fourth-order valence-corrected chi connectivity index (χ4v) is 3.71. The van der Waals surface area contributed by atoms with Gasteiger partial charge < -0.3 is 15.1 Å². The lowest BCUT2D eigenvalue weighted by atomic mass is 10.1. The number of anilines is 1. The van der Waals surface area contributed by atoms with Gasteiger partial charge in [0.05, 0.1) is 11.1 Å². The molecule has 1 saturated heterocycles. The summed E-state index contributed by atoms with van der Waals surface area (Å²) in [7, 11) is 0. The van der Waals surface area contributed by atoms with Crippen molar-refractivity contribution in [2.45, 2.75) is 38.8 Å². The van der Waals surface area contributed by atoms with Crippen LogP contribution < -0.4 is 10.2 Å². The van der Waals surface area contributed by atoms with Crippen LogP contribution in [0.2, 0.25) is 0 Å². The first kappa shape index (κ1) is 24.5. The number of aromatic nitrogens is 1. The van der Waals surface area contributed by atoms with Gasteiger partial charge in [0, 0.05) is 44.5 Å². The first-order chi connectivity index (χ1) is 15.8. The highest BCUT2D eigenvalue weighted by atomic mass is 19.4. The number of alkyl halides is 3. The molecule has 178 valence electrons. The summed E-state index contributed by atoms with van der Waals surface area (Å²) in [6.07, 6.45) is 1.40. The minimum atomic E-state index is -4.49. The van der Waals surface area contributed by atoms with Crippen molar-refractivity contribution in [3.05, 3.63) is 59.3 Å². The smallest absolute Gasteiger partial charge is 0.353 e. The van der Waals surface area contributed by atoms with Crippen molar-refractivity contribution in [1.82, 2.24) is 15.2 Å². The van der Waals surface area contributed by atoms with Crippen LogP contribution in [0.15, 0.2) is 42.6 Å². The normalized spacial score (nSPS) is 14.3. The summed E-state index contributed by atoms with van der Waals surface area (Å²) in [4.78, 5) is 32.8. The number of carbonyl (C=O) groups is 2. The minimum absolute atomic E-state index is 0.0291. The van der Waals surface area contributed by atoms with Crippen molar-refractivity contribution in [3.63, 3.8) is 0 Å². The SMILES string of the molecule is CCCCCCNC(=O)c1ccc(N2CCN(C(=O)c3cccc(C(F)(F)F)c3)CC2)nc1. The van der Waals surface area contributed by atoms with E-state index in [1.165, 1.54) is 18.3 Å². The van der Waals surface area contributed by atoms with Crippen molar-refractivity contribution in [3.8, 4) is 0 Å². The summed E-state index contributed by atoms with van der Waals surface area (Å²) in [5, 5.41) is 2.90. The molecule has 0 bridgehead atoms. The molecule has 9 heteroatoms. The fourth-order valence-electron chi connectivity index (χ4n) is 3.71. The van der Waals surface area contributed by atoms with Crippen molar-refractivity contribution in [2.75, 3.05) is 37.6 Å². The molecule has 0 radical (unpaired) electrons. The summed E-state index contributed by atoms with van der Waals surface area (Å²) in [5.41, 5.74) is -0.310. The average molecular weight is 463 g/mol. The second kappa shape index (κ2) is 11.2. The molecule has 1 N–H and O–H groups in total. The van der Waals surface area contributed by atoms with Crippen molar-refractivity contribution in [1.29, 1.82) is 0 Å². The molecule has 3 rings (SSSR count). The van der Waals surface area contributed by atoms with E-state index in [4.69, 9.17) is 0 Å². The lowest BCUT2D eigenvalue weighted by molar-refractivity contribution is -0.137. The molecule has 0 aliphatic carbocycles. The number of rotatable bonds is 8. The maximum Gasteiger partial charge on any atom is 0.416 e. The molecule has 2 amide bonds. The first-order valence-electron chi connectivity index (χ1n) is 11.3. The predicted molar refractivity (Wildman–Crippen MR) is 120 cm³/mol. The van der Waals surface area contributed by atoms with E-state index in [1.54, 1.807) is 17.0 Å². The molecule has 6 nitrogen and oxygen atoms in total. The van der Waals surface area contributed by atoms with E-state index in [9.17, 15) is 22.8 Å². The van der Waals surface area contributed by atoms with E-state index in [1.807, 2.05) is 4.90 Å². The van der Waals surface area contributed by atoms with Gasteiger partial charge in [-0.1, -0.05) is 32.3 Å². The highest BCUT2D eigenvalue weighted by Crippen LogP contribution is 2.30. The maximum absolute atomic E-state index is 12.9. The van der Waals surface area contributed by atoms with Crippen molar-refractivity contribution in [2.24, 2.45) is 0 Å². The Labute approximate surface area is 191 Å². The quantitative estimate of drug-likeness (QED) is 0.592. The number of halogens is 3. The van der Waals surface area contributed by atoms with Gasteiger partial charge >= 0.3 is 6.18 Å². The molecule has 1 aliphatic rings. The number of hydrogen-bond donors (Lipinski definition) is 1. The second-order valence-corrected chi connectivity index (χ2v) is 8.08. The van der Waals surface area contributed by atoms with Gasteiger partial charge in [-0.15, -0.1) is 0 Å². The standard InChI is InChI=1S/C24H29F3N4O2/c1-2-3-4-5-11-28-22(32)19-9-10-21(29-17-19)30-12-14-31(15-13-30)23(33)18-7-6-8-20(16-18)24(25,26)27/h6-10,16-17H,2-5,11-15H2,1H3,(H,28,32). The third-order valence-corrected chi connectivity index (χ3v) is 5.65. The van der Waals surface area contributed by atoms with E-state index >= 15 is 0 Å². The second-order valence-electron chi connectivity index (χ2n) is 8.08. The molecular weight excluding hydrogens is 433 g/mol.